The first-order valence-electron chi connectivity index (χ1n) is 9.68. The lowest BCUT2D eigenvalue weighted by Crippen LogP contribution is -2.10. The minimum absolute atomic E-state index is 0.207. The van der Waals surface area contributed by atoms with E-state index in [0.717, 1.165) is 10.9 Å². The lowest BCUT2D eigenvalue weighted by molar-refractivity contribution is 0.292. The molecule has 6 nitrogen and oxygen atoms in total. The molecule has 0 saturated carbocycles. The number of pyridine rings is 2. The van der Waals surface area contributed by atoms with Crippen LogP contribution in [0, 0.1) is 5.82 Å². The predicted molar refractivity (Wildman–Crippen MR) is 116 cm³/mol. The van der Waals surface area contributed by atoms with Gasteiger partial charge in [-0.1, -0.05) is 18.2 Å². The molecule has 7 heteroatoms. The quantitative estimate of drug-likeness (QED) is 0.457. The fraction of sp³-hybridized carbons (Fsp3) is 0.0833. The number of benzene rings is 2. The van der Waals surface area contributed by atoms with Gasteiger partial charge in [-0.15, -0.1) is 0 Å². The van der Waals surface area contributed by atoms with Crippen molar-refractivity contribution in [3.8, 4) is 22.9 Å². The van der Waals surface area contributed by atoms with Crippen LogP contribution >= 0.6 is 0 Å². The van der Waals surface area contributed by atoms with E-state index in [1.165, 1.54) is 12.1 Å². The topological polar surface area (TPSA) is 68.6 Å². The molecule has 0 unspecified atom stereocenters. The van der Waals surface area contributed by atoms with Gasteiger partial charge in [0.1, 0.15) is 29.5 Å². The number of hydrogen-bond donors (Lipinski definition) is 1. The van der Waals surface area contributed by atoms with E-state index in [1.807, 2.05) is 36.5 Å². The van der Waals surface area contributed by atoms with Crippen LogP contribution in [-0.2, 0) is 6.61 Å². The van der Waals surface area contributed by atoms with E-state index >= 15 is 0 Å². The summed E-state index contributed by atoms with van der Waals surface area (Å²) in [6, 6.07) is 18.9. The second kappa shape index (κ2) is 7.60. The van der Waals surface area contributed by atoms with Gasteiger partial charge in [0.25, 0.3) is 5.56 Å². The number of nitrogens with zero attached hydrogens (tertiary/aromatic N) is 2. The lowest BCUT2D eigenvalue weighted by atomic mass is 10.1. The van der Waals surface area contributed by atoms with Crippen molar-refractivity contribution in [3.63, 3.8) is 0 Å². The maximum absolute atomic E-state index is 13.2. The Morgan fingerprint density at radius 3 is 2.71 bits per heavy atom. The molecule has 0 aliphatic rings. The first-order chi connectivity index (χ1) is 15.1. The number of aromatic nitrogens is 3. The summed E-state index contributed by atoms with van der Waals surface area (Å²) in [6.45, 7) is 0.207. The Hall–Kier alpha value is -4.13. The van der Waals surface area contributed by atoms with Crippen molar-refractivity contribution in [2.24, 2.45) is 0 Å². The molecule has 0 radical (unpaired) electrons. The number of imidazole rings is 1. The van der Waals surface area contributed by atoms with Gasteiger partial charge in [0.2, 0.25) is 5.88 Å². The van der Waals surface area contributed by atoms with Crippen molar-refractivity contribution in [2.45, 2.75) is 6.61 Å². The highest BCUT2D eigenvalue weighted by atomic mass is 19.1. The molecule has 0 bridgehead atoms. The summed E-state index contributed by atoms with van der Waals surface area (Å²) >= 11 is 0. The molecule has 0 aliphatic heterocycles. The standard InChI is InChI=1S/C24H18FN3O3/c1-30-18-10-7-16-12-19(23(29)26-20(16)13-18)22-24(28-11-3-2-4-21(28)27-22)31-14-15-5-8-17(25)9-6-15/h2-13H,14H2,1H3,(H,26,29). The highest BCUT2D eigenvalue weighted by molar-refractivity contribution is 5.85. The lowest BCUT2D eigenvalue weighted by Gasteiger charge is -2.09. The number of ether oxygens (including phenoxy) is 2. The number of rotatable bonds is 5. The average Bonchev–Trinajstić information content (AvgIpc) is 3.16. The van der Waals surface area contributed by atoms with Crippen LogP contribution in [0.1, 0.15) is 5.56 Å². The van der Waals surface area contributed by atoms with E-state index < -0.39 is 0 Å². The zero-order chi connectivity index (χ0) is 21.4. The molecule has 3 heterocycles. The predicted octanol–water partition coefficient (Wildman–Crippen LogP) is 4.57. The molecular formula is C24H18FN3O3. The SMILES string of the molecule is COc1ccc2cc(-c3nc4ccccn4c3OCc3ccc(F)cc3)c(=O)[nH]c2c1. The minimum atomic E-state index is -0.307. The van der Waals surface area contributed by atoms with Crippen LogP contribution < -0.4 is 15.0 Å². The molecule has 3 aromatic heterocycles. The third-order valence-electron chi connectivity index (χ3n) is 5.08. The van der Waals surface area contributed by atoms with Crippen molar-refractivity contribution in [2.75, 3.05) is 7.11 Å². The highest BCUT2D eigenvalue weighted by Crippen LogP contribution is 2.31. The first kappa shape index (κ1) is 18.9. The average molecular weight is 415 g/mol. The molecule has 2 aromatic carbocycles. The van der Waals surface area contributed by atoms with E-state index in [0.29, 0.717) is 34.1 Å². The second-order valence-electron chi connectivity index (χ2n) is 7.07. The van der Waals surface area contributed by atoms with Crippen LogP contribution in [0.2, 0.25) is 0 Å². The molecule has 0 atom stereocenters. The Balaban J connectivity index is 1.62. The Labute approximate surface area is 176 Å². The minimum Gasteiger partial charge on any atom is -0.497 e. The maximum atomic E-state index is 13.2. The van der Waals surface area contributed by atoms with Crippen LogP contribution in [0.25, 0.3) is 27.8 Å². The normalized spacial score (nSPS) is 11.2. The van der Waals surface area contributed by atoms with Gasteiger partial charge >= 0.3 is 0 Å². The molecule has 0 fully saturated rings. The molecule has 0 spiro atoms. The number of fused-ring (bicyclic) bond motifs is 2. The maximum Gasteiger partial charge on any atom is 0.258 e. The highest BCUT2D eigenvalue weighted by Gasteiger charge is 2.19. The van der Waals surface area contributed by atoms with E-state index in [4.69, 9.17) is 9.47 Å². The van der Waals surface area contributed by atoms with E-state index in [1.54, 1.807) is 35.8 Å². The van der Waals surface area contributed by atoms with Gasteiger partial charge in [0, 0.05) is 12.3 Å². The molecular weight excluding hydrogens is 397 g/mol. The Morgan fingerprint density at radius 1 is 1.06 bits per heavy atom. The summed E-state index contributed by atoms with van der Waals surface area (Å²) in [5, 5.41) is 0.844. The van der Waals surface area contributed by atoms with Gasteiger partial charge in [-0.25, -0.2) is 9.37 Å². The Kier molecular flexibility index (Phi) is 4.63. The van der Waals surface area contributed by atoms with Crippen molar-refractivity contribution in [3.05, 3.63) is 94.7 Å². The number of nitrogens with one attached hydrogen (secondary N) is 1. The Bertz CT molecular complexity index is 1460. The zero-order valence-electron chi connectivity index (χ0n) is 16.6. The molecule has 5 rings (SSSR count). The molecule has 0 aliphatic carbocycles. The van der Waals surface area contributed by atoms with E-state index in [-0.39, 0.29) is 18.0 Å². The zero-order valence-corrected chi connectivity index (χ0v) is 16.6. The molecule has 31 heavy (non-hydrogen) atoms. The smallest absolute Gasteiger partial charge is 0.258 e. The van der Waals surface area contributed by atoms with Crippen LogP contribution in [0.4, 0.5) is 4.39 Å². The molecule has 5 aromatic rings. The van der Waals surface area contributed by atoms with Crippen LogP contribution in [0.5, 0.6) is 11.6 Å². The monoisotopic (exact) mass is 415 g/mol. The number of halogens is 1. The summed E-state index contributed by atoms with van der Waals surface area (Å²) < 4.78 is 26.3. The fourth-order valence-electron chi connectivity index (χ4n) is 3.50. The molecule has 154 valence electrons. The van der Waals surface area contributed by atoms with Gasteiger partial charge in [-0.05, 0) is 53.4 Å². The van der Waals surface area contributed by atoms with Gasteiger partial charge in [0.05, 0.1) is 18.2 Å². The van der Waals surface area contributed by atoms with Crippen molar-refractivity contribution in [1.82, 2.24) is 14.4 Å². The third kappa shape index (κ3) is 3.50. The van der Waals surface area contributed by atoms with Crippen molar-refractivity contribution >= 4 is 16.6 Å². The fourth-order valence-corrected chi connectivity index (χ4v) is 3.50. The number of methoxy groups -OCH3 is 1. The van der Waals surface area contributed by atoms with Crippen LogP contribution in [-0.4, -0.2) is 21.5 Å². The van der Waals surface area contributed by atoms with Gasteiger partial charge in [0.15, 0.2) is 0 Å². The van der Waals surface area contributed by atoms with E-state index in [9.17, 15) is 9.18 Å². The number of H-pyrrole nitrogens is 1. The first-order valence-corrected chi connectivity index (χ1v) is 9.68. The molecule has 1 N–H and O–H groups in total. The van der Waals surface area contributed by atoms with Crippen molar-refractivity contribution < 1.29 is 13.9 Å². The second-order valence-corrected chi connectivity index (χ2v) is 7.07. The van der Waals surface area contributed by atoms with Gasteiger partial charge < -0.3 is 14.5 Å². The third-order valence-corrected chi connectivity index (χ3v) is 5.08. The summed E-state index contributed by atoms with van der Waals surface area (Å²) in [5.74, 6) is 0.795. The van der Waals surface area contributed by atoms with Crippen LogP contribution in [0.15, 0.2) is 77.7 Å². The summed E-state index contributed by atoms with van der Waals surface area (Å²) in [7, 11) is 1.58. The largest absolute Gasteiger partial charge is 0.497 e. The molecule has 0 saturated heterocycles. The van der Waals surface area contributed by atoms with Gasteiger partial charge in [-0.2, -0.15) is 0 Å². The summed E-state index contributed by atoms with van der Waals surface area (Å²) in [6.07, 6.45) is 1.83. The number of aromatic amines is 1. The molecule has 0 amide bonds. The Morgan fingerprint density at radius 2 is 1.90 bits per heavy atom. The van der Waals surface area contributed by atoms with Gasteiger partial charge in [-0.3, -0.25) is 9.20 Å². The van der Waals surface area contributed by atoms with E-state index in [2.05, 4.69) is 9.97 Å². The summed E-state index contributed by atoms with van der Waals surface area (Å²) in [5.41, 5.74) is 2.68. The number of hydrogen-bond acceptors (Lipinski definition) is 4. The van der Waals surface area contributed by atoms with Crippen LogP contribution in [0.3, 0.4) is 0 Å². The van der Waals surface area contributed by atoms with Crippen molar-refractivity contribution in [1.29, 1.82) is 0 Å². The summed E-state index contributed by atoms with van der Waals surface area (Å²) in [4.78, 5) is 20.5.